The number of nitrogens with zero attached hydrogens (tertiary/aromatic N) is 12. The third-order valence-corrected chi connectivity index (χ3v) is 10.6. The van der Waals surface area contributed by atoms with Crippen molar-refractivity contribution in [3.8, 4) is 0 Å². The van der Waals surface area contributed by atoms with Crippen LogP contribution in [-0.2, 0) is 22.5 Å². The molecule has 24 heteroatoms. The van der Waals surface area contributed by atoms with Crippen LogP contribution in [0.4, 0.5) is 0 Å². The number of hydrogen-bond donors (Lipinski definition) is 7. The molecule has 9 aromatic rings. The molecule has 3 aromatic carbocycles. The quantitative estimate of drug-likeness (QED) is 0.0268. The lowest BCUT2D eigenvalue weighted by Crippen LogP contribution is -2.37. The number of hydroxylamine groups is 2. The molecule has 73 heavy (non-hydrogen) atoms. The van der Waals surface area contributed by atoms with Crippen LogP contribution in [-0.4, -0.2) is 149 Å². The Morgan fingerprint density at radius 2 is 1.07 bits per heavy atom. The van der Waals surface area contributed by atoms with Gasteiger partial charge in [0.05, 0.1) is 48.6 Å². The fraction of sp³-hybridized carbons (Fsp3) is 0.224. The summed E-state index contributed by atoms with van der Waals surface area (Å²) in [4.78, 5) is 53.8. The smallest absolute Gasteiger partial charge is 0.285 e. The summed E-state index contributed by atoms with van der Waals surface area (Å²) in [7, 11) is 1.00. The molecule has 6 aromatic heterocycles. The van der Waals surface area contributed by atoms with Gasteiger partial charge in [-0.15, -0.1) is 25.5 Å². The van der Waals surface area contributed by atoms with Crippen molar-refractivity contribution in [2.24, 2.45) is 16.8 Å². The summed E-state index contributed by atoms with van der Waals surface area (Å²) >= 11 is 0. The molecule has 2 amide bonds. The number of imide groups is 1. The van der Waals surface area contributed by atoms with Gasteiger partial charge in [0.1, 0.15) is 23.2 Å². The van der Waals surface area contributed by atoms with E-state index in [9.17, 15) is 14.4 Å². The molecule has 0 saturated heterocycles. The number of nitrogens with two attached hydrogens (primary N) is 2. The van der Waals surface area contributed by atoms with Gasteiger partial charge in [-0.05, 0) is 90.8 Å². The molecule has 1 aliphatic heterocycles. The van der Waals surface area contributed by atoms with E-state index in [0.29, 0.717) is 57.9 Å². The molecule has 378 valence electrons. The van der Waals surface area contributed by atoms with E-state index in [0.717, 1.165) is 40.0 Å². The van der Waals surface area contributed by atoms with Gasteiger partial charge < -0.3 is 30.4 Å². The lowest BCUT2D eigenvalue weighted by atomic mass is 10.1. The number of aromatic nitrogens is 10. The van der Waals surface area contributed by atoms with Crippen LogP contribution in [0.2, 0.25) is 0 Å². The van der Waals surface area contributed by atoms with Crippen LogP contribution in [0.3, 0.4) is 0 Å². The zero-order valence-electron chi connectivity index (χ0n) is 39.7. The zero-order chi connectivity index (χ0) is 52.4. The number of pyridine rings is 2. The Balaban J connectivity index is 0.000000178. The highest BCUT2D eigenvalue weighted by molar-refractivity contribution is 6.20. The number of Topliss-reactive ketones (excluding diaryl/α,β-unsaturated/α-hetero) is 1. The maximum Gasteiger partial charge on any atom is 0.285 e. The third kappa shape index (κ3) is 13.1. The summed E-state index contributed by atoms with van der Waals surface area (Å²) < 4.78 is 3.31. The van der Waals surface area contributed by atoms with Crippen LogP contribution in [0.25, 0.3) is 33.1 Å². The Morgan fingerprint density at radius 1 is 0.603 bits per heavy atom. The first-order valence-electron chi connectivity index (χ1n) is 22.2. The number of hydrogen-bond acceptors (Lipinski definition) is 21. The molecule has 1 aliphatic rings. The second-order valence-corrected chi connectivity index (χ2v) is 15.5. The van der Waals surface area contributed by atoms with Crippen LogP contribution in [0.15, 0.2) is 127 Å². The molecule has 0 fully saturated rings. The lowest BCUT2D eigenvalue weighted by Gasteiger charge is -2.18. The van der Waals surface area contributed by atoms with Gasteiger partial charge in [0, 0.05) is 50.0 Å². The second kappa shape index (κ2) is 26.1. The molecule has 0 spiro atoms. The van der Waals surface area contributed by atoms with Gasteiger partial charge in [-0.1, -0.05) is 41.6 Å². The molecule has 10 rings (SSSR count). The van der Waals surface area contributed by atoms with Crippen molar-refractivity contribution in [2.75, 3.05) is 33.5 Å². The Labute approximate surface area is 415 Å². The summed E-state index contributed by atoms with van der Waals surface area (Å²) in [6, 6.07) is 33.4. The molecule has 0 unspecified atom stereocenters. The largest absolute Gasteiger partial charge is 0.400 e. The Bertz CT molecular complexity index is 3310. The molecule has 7 heterocycles. The number of aliphatic hydroxyl groups excluding tert-OH is 5. The summed E-state index contributed by atoms with van der Waals surface area (Å²) in [6.07, 6.45) is 2.95. The van der Waals surface area contributed by atoms with E-state index in [1.54, 1.807) is 64.7 Å². The highest BCUT2D eigenvalue weighted by atomic mass is 16.7. The van der Waals surface area contributed by atoms with Crippen molar-refractivity contribution in [1.29, 1.82) is 0 Å². The standard InChI is InChI=1S/C20H20N6O3.C17H13N5O.C11H11NO5.CH4O.H4N2/c1-13(25-29-16(11-27)12-28)17-6-7-19-22-23-20(26(19)24-17)10-14-4-5-18-15(9-14)3-2-8-21-18;1-11(23)14-6-7-16-19-20-17(22(16)21-14)10-12-4-5-15-13(9-12)3-2-8-18-15;13-5-7(6-14)17-12-10(15)8-3-1-2-4-9(8)11(12)16;2*1-2/h2-9,16,27-28H,10-12H2,1H3;2-9H,10H2,1H3;1-4,7,13-14H,5-6H2;2H,1H3;1-2H2/b25-13+;;;;. The number of aliphatic hydroxyl groups is 5. The maximum absolute atomic E-state index is 11.8. The van der Waals surface area contributed by atoms with E-state index in [1.807, 2.05) is 48.5 Å². The minimum absolute atomic E-state index is 0.0803. The highest BCUT2D eigenvalue weighted by Gasteiger charge is 2.37. The van der Waals surface area contributed by atoms with Crippen molar-refractivity contribution in [2.45, 2.75) is 38.9 Å². The van der Waals surface area contributed by atoms with Crippen LogP contribution < -0.4 is 11.7 Å². The Hall–Kier alpha value is -8.46. The van der Waals surface area contributed by atoms with Crippen LogP contribution >= 0.6 is 0 Å². The third-order valence-electron chi connectivity index (χ3n) is 10.6. The fourth-order valence-corrected chi connectivity index (χ4v) is 6.96. The van der Waals surface area contributed by atoms with Crippen molar-refractivity contribution in [1.82, 2.24) is 54.7 Å². The fourth-order valence-electron chi connectivity index (χ4n) is 6.96. The van der Waals surface area contributed by atoms with Crippen LogP contribution in [0, 0.1) is 0 Å². The van der Waals surface area contributed by atoms with Gasteiger partial charge in [-0.2, -0.15) is 19.2 Å². The molecule has 0 bridgehead atoms. The number of oxime groups is 1. The summed E-state index contributed by atoms with van der Waals surface area (Å²) in [6.45, 7) is 1.62. The first-order valence-corrected chi connectivity index (χ1v) is 22.2. The summed E-state index contributed by atoms with van der Waals surface area (Å²) in [5.74, 6) is 8.15. The average molecular weight is 997 g/mol. The monoisotopic (exact) mass is 996 g/mol. The number of carbonyl (C=O) groups is 3. The first-order chi connectivity index (χ1) is 35.6. The van der Waals surface area contributed by atoms with E-state index < -0.39 is 37.2 Å². The van der Waals surface area contributed by atoms with E-state index in [4.69, 9.17) is 35.2 Å². The maximum atomic E-state index is 11.8. The van der Waals surface area contributed by atoms with Crippen molar-refractivity contribution < 1.29 is 49.6 Å². The summed E-state index contributed by atoms with van der Waals surface area (Å²) in [5, 5.41) is 75.1. The molecule has 0 aliphatic carbocycles. The topological polar surface area (TPSA) is 350 Å². The Morgan fingerprint density at radius 3 is 1.53 bits per heavy atom. The SMILES string of the molecule is C/C(=N\OC(CO)CO)c1ccc2nnc(Cc3ccc4ncccc4c3)n2n1.CC(=O)c1ccc2nnc(Cc3ccc4ncccc4c3)n2n1.CO.NN.O=C1c2ccccc2C(=O)N1OC(CO)CO. The number of benzene rings is 3. The number of hydrazine groups is 1. The molecule has 0 saturated carbocycles. The molecule has 0 radical (unpaired) electrons. The minimum atomic E-state index is -0.989. The van der Waals surface area contributed by atoms with Crippen molar-refractivity contribution >= 4 is 56.4 Å². The van der Waals surface area contributed by atoms with Gasteiger partial charge >= 0.3 is 0 Å². The lowest BCUT2D eigenvalue weighted by molar-refractivity contribution is -0.155. The number of ketones is 1. The predicted octanol–water partition coefficient (Wildman–Crippen LogP) is 1.82. The van der Waals surface area contributed by atoms with Crippen molar-refractivity contribution in [3.63, 3.8) is 0 Å². The Kier molecular flexibility index (Phi) is 19.3. The number of rotatable bonds is 14. The van der Waals surface area contributed by atoms with E-state index in [1.165, 1.54) is 19.1 Å². The van der Waals surface area contributed by atoms with Gasteiger partial charge in [-0.3, -0.25) is 40.9 Å². The van der Waals surface area contributed by atoms with Crippen LogP contribution in [0.1, 0.15) is 73.5 Å². The van der Waals surface area contributed by atoms with E-state index in [-0.39, 0.29) is 30.1 Å². The van der Waals surface area contributed by atoms with Gasteiger partial charge in [0.25, 0.3) is 11.8 Å². The highest BCUT2D eigenvalue weighted by Crippen LogP contribution is 2.24. The molecule has 24 nitrogen and oxygen atoms in total. The zero-order valence-corrected chi connectivity index (χ0v) is 39.7. The number of carbonyl (C=O) groups excluding carboxylic acids is 3. The van der Waals surface area contributed by atoms with Crippen molar-refractivity contribution in [3.05, 3.63) is 167 Å². The molecule has 9 N–H and O–H groups in total. The van der Waals surface area contributed by atoms with Gasteiger partial charge in [0.2, 0.25) is 0 Å². The first kappa shape index (κ1) is 53.9. The van der Waals surface area contributed by atoms with E-state index in [2.05, 4.69) is 69.5 Å². The van der Waals surface area contributed by atoms with Gasteiger partial charge in [-0.25, -0.2) is 0 Å². The second-order valence-electron chi connectivity index (χ2n) is 15.5. The molecular formula is C49H52N14O10. The minimum Gasteiger partial charge on any atom is -0.400 e. The van der Waals surface area contributed by atoms with E-state index >= 15 is 0 Å². The normalized spacial score (nSPS) is 11.9. The number of fused-ring (bicyclic) bond motifs is 5. The average Bonchev–Trinajstić information content (AvgIpc) is 4.11. The molecule has 0 atom stereocenters. The molecular weight excluding hydrogens is 945 g/mol. The van der Waals surface area contributed by atoms with Crippen LogP contribution in [0.5, 0.6) is 0 Å². The number of amides is 2. The van der Waals surface area contributed by atoms with Gasteiger partial charge in [0.15, 0.2) is 34.8 Å². The predicted molar refractivity (Wildman–Crippen MR) is 264 cm³/mol. The summed E-state index contributed by atoms with van der Waals surface area (Å²) in [5.41, 5.74) is 7.34.